The summed E-state index contributed by atoms with van der Waals surface area (Å²) in [6.07, 6.45) is 6.97. The highest BCUT2D eigenvalue weighted by Crippen LogP contribution is 2.21. The standard InChI is InChI=1S/C14H20N4O2/c19-13-4-2-5-17(13)9-11-3-1-6-18(10-11)14(20)12-7-15-16-8-12/h7-8,11H,1-6,9-10H2,(H,15,16)/t11-/m1/s1. The lowest BCUT2D eigenvalue weighted by atomic mass is 9.97. The number of aromatic amines is 1. The van der Waals surface area contributed by atoms with Crippen LogP contribution >= 0.6 is 0 Å². The van der Waals surface area contributed by atoms with E-state index < -0.39 is 0 Å². The second-order valence-electron chi connectivity index (χ2n) is 5.69. The zero-order chi connectivity index (χ0) is 13.9. The minimum Gasteiger partial charge on any atom is -0.342 e. The van der Waals surface area contributed by atoms with E-state index >= 15 is 0 Å². The first-order chi connectivity index (χ1) is 9.74. The first-order valence-corrected chi connectivity index (χ1v) is 7.30. The van der Waals surface area contributed by atoms with E-state index in [1.165, 1.54) is 0 Å². The predicted molar refractivity (Wildman–Crippen MR) is 73.0 cm³/mol. The third-order valence-electron chi connectivity index (χ3n) is 4.20. The molecule has 2 amide bonds. The second-order valence-corrected chi connectivity index (χ2v) is 5.69. The fourth-order valence-electron chi connectivity index (χ4n) is 3.16. The van der Waals surface area contributed by atoms with Crippen LogP contribution in [0, 0.1) is 5.92 Å². The minimum absolute atomic E-state index is 0.0381. The average molecular weight is 276 g/mol. The fourth-order valence-corrected chi connectivity index (χ4v) is 3.16. The largest absolute Gasteiger partial charge is 0.342 e. The van der Waals surface area contributed by atoms with Crippen molar-refractivity contribution < 1.29 is 9.59 Å². The molecule has 2 fully saturated rings. The van der Waals surface area contributed by atoms with Crippen LogP contribution < -0.4 is 0 Å². The Morgan fingerprint density at radius 1 is 1.40 bits per heavy atom. The van der Waals surface area contributed by atoms with Crippen LogP contribution in [0.1, 0.15) is 36.0 Å². The van der Waals surface area contributed by atoms with Gasteiger partial charge in [0.1, 0.15) is 0 Å². The number of nitrogens with zero attached hydrogens (tertiary/aromatic N) is 3. The molecule has 0 unspecified atom stereocenters. The van der Waals surface area contributed by atoms with E-state index in [1.807, 2.05) is 9.80 Å². The van der Waals surface area contributed by atoms with Gasteiger partial charge in [0.25, 0.3) is 5.91 Å². The third-order valence-corrected chi connectivity index (χ3v) is 4.20. The summed E-state index contributed by atoms with van der Waals surface area (Å²) in [4.78, 5) is 27.8. The van der Waals surface area contributed by atoms with Gasteiger partial charge in [-0.3, -0.25) is 14.7 Å². The van der Waals surface area contributed by atoms with E-state index in [1.54, 1.807) is 12.4 Å². The topological polar surface area (TPSA) is 69.3 Å². The zero-order valence-electron chi connectivity index (χ0n) is 11.5. The average Bonchev–Trinajstić information content (AvgIpc) is 3.11. The maximum absolute atomic E-state index is 12.3. The molecule has 2 aliphatic heterocycles. The molecular weight excluding hydrogens is 256 g/mol. The number of carbonyl (C=O) groups is 2. The highest BCUT2D eigenvalue weighted by molar-refractivity contribution is 5.93. The van der Waals surface area contributed by atoms with Crippen molar-refractivity contribution in [3.8, 4) is 0 Å². The number of H-pyrrole nitrogens is 1. The number of carbonyl (C=O) groups excluding carboxylic acids is 2. The van der Waals surface area contributed by atoms with Gasteiger partial charge in [0.05, 0.1) is 11.8 Å². The Kier molecular flexibility index (Phi) is 3.71. The van der Waals surface area contributed by atoms with E-state index in [9.17, 15) is 9.59 Å². The van der Waals surface area contributed by atoms with Gasteiger partial charge in [-0.1, -0.05) is 0 Å². The summed E-state index contributed by atoms with van der Waals surface area (Å²) in [6.45, 7) is 3.22. The molecule has 0 aliphatic carbocycles. The molecule has 3 heterocycles. The molecule has 2 aliphatic rings. The van der Waals surface area contributed by atoms with Gasteiger partial charge >= 0.3 is 0 Å². The number of likely N-dealkylation sites (tertiary alicyclic amines) is 2. The Balaban J connectivity index is 1.59. The van der Waals surface area contributed by atoms with Gasteiger partial charge in [-0.05, 0) is 25.2 Å². The summed E-state index contributed by atoms with van der Waals surface area (Å²) in [5, 5.41) is 6.50. The van der Waals surface area contributed by atoms with Crippen molar-refractivity contribution in [1.82, 2.24) is 20.0 Å². The summed E-state index contributed by atoms with van der Waals surface area (Å²) in [7, 11) is 0. The molecule has 1 aromatic heterocycles. The van der Waals surface area contributed by atoms with Crippen molar-refractivity contribution in [2.24, 2.45) is 5.92 Å². The van der Waals surface area contributed by atoms with Gasteiger partial charge in [-0.2, -0.15) is 5.10 Å². The number of rotatable bonds is 3. The molecule has 0 spiro atoms. The van der Waals surface area contributed by atoms with Gasteiger partial charge in [0, 0.05) is 38.8 Å². The van der Waals surface area contributed by atoms with E-state index in [0.717, 1.165) is 45.4 Å². The summed E-state index contributed by atoms with van der Waals surface area (Å²) < 4.78 is 0. The number of hydrogen-bond acceptors (Lipinski definition) is 3. The molecule has 6 heteroatoms. The quantitative estimate of drug-likeness (QED) is 0.891. The van der Waals surface area contributed by atoms with Gasteiger partial charge in [0.15, 0.2) is 0 Å². The fraction of sp³-hybridized carbons (Fsp3) is 0.643. The van der Waals surface area contributed by atoms with Crippen molar-refractivity contribution in [1.29, 1.82) is 0 Å². The van der Waals surface area contributed by atoms with Crippen molar-refractivity contribution in [2.45, 2.75) is 25.7 Å². The normalized spacial score (nSPS) is 23.4. The summed E-state index contributed by atoms with van der Waals surface area (Å²) >= 11 is 0. The Hall–Kier alpha value is -1.85. The van der Waals surface area contributed by atoms with Crippen LogP contribution in [-0.2, 0) is 4.79 Å². The Labute approximate surface area is 118 Å². The van der Waals surface area contributed by atoms with E-state index in [2.05, 4.69) is 10.2 Å². The highest BCUT2D eigenvalue weighted by Gasteiger charge is 2.29. The van der Waals surface area contributed by atoms with Crippen molar-refractivity contribution in [3.63, 3.8) is 0 Å². The molecule has 6 nitrogen and oxygen atoms in total. The predicted octanol–water partition coefficient (Wildman–Crippen LogP) is 0.884. The van der Waals surface area contributed by atoms with Crippen LogP contribution in [0.25, 0.3) is 0 Å². The van der Waals surface area contributed by atoms with Crippen LogP contribution in [0.4, 0.5) is 0 Å². The number of nitrogens with one attached hydrogen (secondary N) is 1. The van der Waals surface area contributed by atoms with Crippen LogP contribution in [0.5, 0.6) is 0 Å². The molecule has 20 heavy (non-hydrogen) atoms. The second kappa shape index (κ2) is 5.64. The Bertz CT molecular complexity index is 485. The van der Waals surface area contributed by atoms with Gasteiger partial charge in [-0.25, -0.2) is 0 Å². The van der Waals surface area contributed by atoms with E-state index in [-0.39, 0.29) is 11.8 Å². The SMILES string of the molecule is O=C1CCCN1C[C@H]1CCCN(C(=O)c2cn[nH]c2)C1. The lowest BCUT2D eigenvalue weighted by Crippen LogP contribution is -2.44. The van der Waals surface area contributed by atoms with Crippen LogP contribution in [-0.4, -0.2) is 58.0 Å². The maximum Gasteiger partial charge on any atom is 0.257 e. The van der Waals surface area contributed by atoms with Gasteiger partial charge < -0.3 is 9.80 Å². The highest BCUT2D eigenvalue weighted by atomic mass is 16.2. The molecule has 1 N–H and O–H groups in total. The summed E-state index contributed by atoms with van der Waals surface area (Å²) in [5.74, 6) is 0.709. The minimum atomic E-state index is 0.0381. The van der Waals surface area contributed by atoms with Gasteiger partial charge in [-0.15, -0.1) is 0 Å². The number of hydrogen-bond donors (Lipinski definition) is 1. The molecule has 0 bridgehead atoms. The summed E-state index contributed by atoms with van der Waals surface area (Å²) in [6, 6.07) is 0. The van der Waals surface area contributed by atoms with E-state index in [4.69, 9.17) is 0 Å². The molecular formula is C14H20N4O2. The van der Waals surface area contributed by atoms with E-state index in [0.29, 0.717) is 17.9 Å². The van der Waals surface area contributed by atoms with Crippen LogP contribution in [0.2, 0.25) is 0 Å². The summed E-state index contributed by atoms with van der Waals surface area (Å²) in [5.41, 5.74) is 0.614. The van der Waals surface area contributed by atoms with Crippen LogP contribution in [0.3, 0.4) is 0 Å². The number of amides is 2. The molecule has 1 atom stereocenters. The smallest absolute Gasteiger partial charge is 0.257 e. The Morgan fingerprint density at radius 2 is 2.30 bits per heavy atom. The van der Waals surface area contributed by atoms with Crippen molar-refractivity contribution in [3.05, 3.63) is 18.0 Å². The molecule has 0 radical (unpaired) electrons. The molecule has 0 saturated carbocycles. The van der Waals surface area contributed by atoms with Crippen molar-refractivity contribution >= 4 is 11.8 Å². The maximum atomic E-state index is 12.3. The molecule has 108 valence electrons. The molecule has 1 aromatic rings. The third kappa shape index (κ3) is 2.69. The molecule has 3 rings (SSSR count). The monoisotopic (exact) mass is 276 g/mol. The number of piperidine rings is 1. The zero-order valence-corrected chi connectivity index (χ0v) is 11.5. The first kappa shape index (κ1) is 13.1. The molecule has 0 aromatic carbocycles. The molecule has 2 saturated heterocycles. The lowest BCUT2D eigenvalue weighted by molar-refractivity contribution is -0.128. The Morgan fingerprint density at radius 3 is 3.00 bits per heavy atom. The van der Waals surface area contributed by atoms with Gasteiger partial charge in [0.2, 0.25) is 5.91 Å². The number of aromatic nitrogens is 2. The first-order valence-electron chi connectivity index (χ1n) is 7.30. The lowest BCUT2D eigenvalue weighted by Gasteiger charge is -2.34. The van der Waals surface area contributed by atoms with Crippen LogP contribution in [0.15, 0.2) is 12.4 Å². The van der Waals surface area contributed by atoms with Crippen molar-refractivity contribution in [2.75, 3.05) is 26.2 Å².